The Morgan fingerprint density at radius 2 is 1.48 bits per heavy atom. The molecule has 4 unspecified atom stereocenters. The minimum atomic E-state index is -0.883. The number of fused-ring (bicyclic) bond motifs is 9. The van der Waals surface area contributed by atoms with Crippen molar-refractivity contribution in [2.24, 2.45) is 0 Å². The lowest BCUT2D eigenvalue weighted by atomic mass is 9.83. The average molecular weight is 328 g/mol. The summed E-state index contributed by atoms with van der Waals surface area (Å²) >= 11 is 0. The van der Waals surface area contributed by atoms with Crippen LogP contribution in [0.15, 0.2) is 60.7 Å². The van der Waals surface area contributed by atoms with Crippen LogP contribution in [0.25, 0.3) is 32.3 Å². The molecule has 0 aromatic heterocycles. The molecule has 0 saturated carbocycles. The van der Waals surface area contributed by atoms with Crippen LogP contribution in [0.2, 0.25) is 0 Å². The number of hydrogen-bond acceptors (Lipinski definition) is 3. The third kappa shape index (κ3) is 1.70. The molecule has 1 fully saturated rings. The van der Waals surface area contributed by atoms with Gasteiger partial charge in [0.05, 0.1) is 0 Å². The molecule has 2 aliphatic rings. The fourth-order valence-electron chi connectivity index (χ4n) is 4.51. The van der Waals surface area contributed by atoms with E-state index in [-0.39, 0.29) is 12.2 Å². The van der Waals surface area contributed by atoms with E-state index >= 15 is 0 Å². The number of hydrogen-bond donors (Lipinski definition) is 2. The van der Waals surface area contributed by atoms with E-state index in [1.165, 1.54) is 26.9 Å². The van der Waals surface area contributed by atoms with Gasteiger partial charge in [0.15, 0.2) is 0 Å². The minimum absolute atomic E-state index is 0.107. The van der Waals surface area contributed by atoms with Crippen LogP contribution in [-0.2, 0) is 4.74 Å². The Balaban J connectivity index is 1.78. The van der Waals surface area contributed by atoms with Crippen molar-refractivity contribution in [2.75, 3.05) is 0 Å². The van der Waals surface area contributed by atoms with Gasteiger partial charge in [-0.25, -0.2) is 0 Å². The number of aliphatic hydroxyl groups is 2. The summed E-state index contributed by atoms with van der Waals surface area (Å²) in [6.45, 7) is 0. The summed E-state index contributed by atoms with van der Waals surface area (Å²) < 4.78 is 5.68. The molecule has 1 aliphatic carbocycles. The summed E-state index contributed by atoms with van der Waals surface area (Å²) in [5, 5.41) is 27.8. The lowest BCUT2D eigenvalue weighted by Crippen LogP contribution is -2.29. The molecule has 2 N–H and O–H groups in total. The first kappa shape index (κ1) is 13.8. The van der Waals surface area contributed by atoms with Crippen molar-refractivity contribution in [2.45, 2.75) is 24.4 Å². The van der Waals surface area contributed by atoms with E-state index < -0.39 is 12.2 Å². The summed E-state index contributed by atoms with van der Waals surface area (Å²) in [4.78, 5) is 0. The second-order valence-corrected chi connectivity index (χ2v) is 7.07. The summed E-state index contributed by atoms with van der Waals surface area (Å²) in [5.74, 6) is 0. The molecule has 4 aromatic carbocycles. The predicted octanol–water partition coefficient (Wildman–Crippen LogP) is 3.99. The van der Waals surface area contributed by atoms with Crippen molar-refractivity contribution in [3.8, 4) is 0 Å². The number of epoxide rings is 1. The Labute approximate surface area is 144 Å². The quantitative estimate of drug-likeness (QED) is 0.379. The Morgan fingerprint density at radius 3 is 2.40 bits per heavy atom. The molecule has 3 nitrogen and oxygen atoms in total. The zero-order valence-electron chi connectivity index (χ0n) is 13.4. The van der Waals surface area contributed by atoms with Gasteiger partial charge in [-0.05, 0) is 43.4 Å². The van der Waals surface area contributed by atoms with Crippen molar-refractivity contribution in [1.82, 2.24) is 0 Å². The van der Waals surface area contributed by atoms with Gasteiger partial charge >= 0.3 is 0 Å². The number of benzene rings is 4. The first-order chi connectivity index (χ1) is 12.2. The van der Waals surface area contributed by atoms with Crippen molar-refractivity contribution in [3.63, 3.8) is 0 Å². The minimum Gasteiger partial charge on any atom is -0.387 e. The maximum atomic E-state index is 10.4. The molecule has 0 radical (unpaired) electrons. The molecule has 4 atom stereocenters. The van der Waals surface area contributed by atoms with Gasteiger partial charge in [-0.1, -0.05) is 60.7 Å². The van der Waals surface area contributed by atoms with Gasteiger partial charge in [0.1, 0.15) is 24.4 Å². The van der Waals surface area contributed by atoms with Crippen LogP contribution in [0.1, 0.15) is 23.3 Å². The molecule has 0 bridgehead atoms. The van der Waals surface area contributed by atoms with Gasteiger partial charge in [0.25, 0.3) is 0 Å². The standard InChI is InChI=1S/C22H16O3/c23-19-16-10-9-14-15(18(16)21-22(25-21)20(19)24)8-7-12-6-5-11-3-1-2-4-13(11)17(12)14/h1-10,19-24H. The van der Waals surface area contributed by atoms with Crippen molar-refractivity contribution < 1.29 is 14.9 Å². The monoisotopic (exact) mass is 328 g/mol. The fourth-order valence-corrected chi connectivity index (χ4v) is 4.51. The zero-order chi connectivity index (χ0) is 16.7. The second-order valence-electron chi connectivity index (χ2n) is 7.07. The van der Waals surface area contributed by atoms with E-state index in [9.17, 15) is 10.2 Å². The van der Waals surface area contributed by atoms with E-state index in [0.29, 0.717) is 0 Å². The normalized spacial score (nSPS) is 27.4. The SMILES string of the molecule is OC1c2ccc3c(ccc4ccc5ccccc5c43)c2C2OC2C1O. The molecule has 4 aromatic rings. The van der Waals surface area contributed by atoms with Crippen LogP contribution in [0, 0.1) is 0 Å². The molecule has 1 saturated heterocycles. The highest BCUT2D eigenvalue weighted by molar-refractivity contribution is 6.20. The first-order valence-electron chi connectivity index (χ1n) is 8.62. The summed E-state index contributed by atoms with van der Waals surface area (Å²) in [6, 6.07) is 21.0. The van der Waals surface area contributed by atoms with Gasteiger partial charge < -0.3 is 14.9 Å². The molecule has 1 heterocycles. The molecule has 25 heavy (non-hydrogen) atoms. The third-order valence-electron chi connectivity index (χ3n) is 5.77. The molecule has 122 valence electrons. The summed E-state index contributed by atoms with van der Waals surface area (Å²) in [5.41, 5.74) is 1.83. The van der Waals surface area contributed by atoms with E-state index in [4.69, 9.17) is 4.74 Å². The van der Waals surface area contributed by atoms with Crippen molar-refractivity contribution in [3.05, 3.63) is 71.8 Å². The highest BCUT2D eigenvalue weighted by Crippen LogP contribution is 2.53. The van der Waals surface area contributed by atoms with Crippen LogP contribution in [0.5, 0.6) is 0 Å². The van der Waals surface area contributed by atoms with Crippen LogP contribution in [0.3, 0.4) is 0 Å². The van der Waals surface area contributed by atoms with Crippen LogP contribution in [-0.4, -0.2) is 22.4 Å². The lowest BCUT2D eigenvalue weighted by Gasteiger charge is -2.24. The van der Waals surface area contributed by atoms with E-state index in [1.54, 1.807) is 0 Å². The maximum Gasteiger partial charge on any atom is 0.118 e. The van der Waals surface area contributed by atoms with Gasteiger partial charge in [0, 0.05) is 0 Å². The van der Waals surface area contributed by atoms with Gasteiger partial charge in [0.2, 0.25) is 0 Å². The largest absolute Gasteiger partial charge is 0.387 e. The molecule has 1 aliphatic heterocycles. The smallest absolute Gasteiger partial charge is 0.118 e. The maximum absolute atomic E-state index is 10.4. The Morgan fingerprint density at radius 1 is 0.720 bits per heavy atom. The van der Waals surface area contributed by atoms with Crippen molar-refractivity contribution in [1.29, 1.82) is 0 Å². The predicted molar refractivity (Wildman–Crippen MR) is 97.5 cm³/mol. The first-order valence-corrected chi connectivity index (χ1v) is 8.62. The molecule has 3 heteroatoms. The highest BCUT2D eigenvalue weighted by atomic mass is 16.6. The van der Waals surface area contributed by atoms with E-state index in [2.05, 4.69) is 54.6 Å². The van der Waals surface area contributed by atoms with E-state index in [1.807, 2.05) is 6.07 Å². The van der Waals surface area contributed by atoms with Crippen LogP contribution in [0.4, 0.5) is 0 Å². The Kier molecular flexibility index (Phi) is 2.53. The topological polar surface area (TPSA) is 53.0 Å². The summed E-state index contributed by atoms with van der Waals surface area (Å²) in [6.07, 6.45) is -2.11. The zero-order valence-corrected chi connectivity index (χ0v) is 13.4. The Bertz CT molecular complexity index is 1180. The Hall–Kier alpha value is -2.46. The molecular weight excluding hydrogens is 312 g/mol. The third-order valence-corrected chi connectivity index (χ3v) is 5.77. The molecular formula is C22H16O3. The van der Waals surface area contributed by atoms with Crippen LogP contribution >= 0.6 is 0 Å². The van der Waals surface area contributed by atoms with Crippen molar-refractivity contribution >= 4 is 32.3 Å². The number of rotatable bonds is 0. The fraction of sp³-hybridized carbons (Fsp3) is 0.182. The number of aliphatic hydroxyl groups excluding tert-OH is 2. The second kappa shape index (κ2) is 4.58. The molecule has 6 rings (SSSR count). The molecule has 0 spiro atoms. The number of ether oxygens (including phenoxy) is 1. The highest BCUT2D eigenvalue weighted by Gasteiger charge is 2.54. The average Bonchev–Trinajstić information content (AvgIpc) is 3.45. The van der Waals surface area contributed by atoms with Gasteiger partial charge in [-0.2, -0.15) is 0 Å². The summed E-state index contributed by atoms with van der Waals surface area (Å²) in [7, 11) is 0. The molecule has 0 amide bonds. The van der Waals surface area contributed by atoms with Crippen LogP contribution < -0.4 is 0 Å². The van der Waals surface area contributed by atoms with Gasteiger partial charge in [-0.15, -0.1) is 0 Å². The van der Waals surface area contributed by atoms with Gasteiger partial charge in [-0.3, -0.25) is 0 Å². The lowest BCUT2D eigenvalue weighted by molar-refractivity contribution is 0.000106. The van der Waals surface area contributed by atoms with E-state index in [0.717, 1.165) is 16.5 Å².